The lowest BCUT2D eigenvalue weighted by molar-refractivity contribution is -0.132. The highest BCUT2D eigenvalue weighted by Gasteiger charge is 2.22. The molecule has 1 aliphatic rings. The molecule has 1 amide bonds. The first-order valence-corrected chi connectivity index (χ1v) is 9.29. The van der Waals surface area contributed by atoms with Gasteiger partial charge in [0.2, 0.25) is 5.91 Å². The van der Waals surface area contributed by atoms with Crippen molar-refractivity contribution in [3.8, 4) is 0 Å². The molecule has 0 atom stereocenters. The van der Waals surface area contributed by atoms with Gasteiger partial charge in [0.05, 0.1) is 0 Å². The summed E-state index contributed by atoms with van der Waals surface area (Å²) in [7, 11) is 0. The lowest BCUT2D eigenvalue weighted by Crippen LogP contribution is -2.49. The molecular weight excluding hydrogens is 308 g/mol. The van der Waals surface area contributed by atoms with Gasteiger partial charge in [-0.15, -0.1) is 11.3 Å². The van der Waals surface area contributed by atoms with E-state index in [4.69, 9.17) is 0 Å². The molecule has 0 radical (unpaired) electrons. The van der Waals surface area contributed by atoms with E-state index in [1.54, 1.807) is 11.3 Å². The Balaban J connectivity index is 1.77. The van der Waals surface area contributed by atoms with Crippen molar-refractivity contribution >= 4 is 23.0 Å². The van der Waals surface area contributed by atoms with Crippen LogP contribution >= 0.6 is 11.3 Å². The number of carbonyl (C=O) groups excluding carboxylic acids is 2. The number of hydrogen-bond acceptors (Lipinski definition) is 4. The van der Waals surface area contributed by atoms with Crippen molar-refractivity contribution in [1.82, 2.24) is 9.80 Å². The van der Waals surface area contributed by atoms with Crippen LogP contribution in [-0.2, 0) is 4.79 Å². The highest BCUT2D eigenvalue weighted by Crippen LogP contribution is 2.22. The van der Waals surface area contributed by atoms with E-state index in [0.717, 1.165) is 48.0 Å². The minimum Gasteiger partial charge on any atom is -0.340 e. The minimum atomic E-state index is 0.0960. The Kier molecular flexibility index (Phi) is 6.36. The molecule has 0 aromatic carbocycles. The van der Waals surface area contributed by atoms with E-state index in [2.05, 4.69) is 18.7 Å². The summed E-state index contributed by atoms with van der Waals surface area (Å²) in [5, 5.41) is 0. The van der Waals surface area contributed by atoms with Crippen LogP contribution in [0.2, 0.25) is 0 Å². The first kappa shape index (κ1) is 18.1. The zero-order valence-corrected chi connectivity index (χ0v) is 15.5. The van der Waals surface area contributed by atoms with Crippen LogP contribution in [0.25, 0.3) is 0 Å². The van der Waals surface area contributed by atoms with Gasteiger partial charge in [0.25, 0.3) is 0 Å². The maximum Gasteiger partial charge on any atom is 0.223 e. The van der Waals surface area contributed by atoms with Crippen molar-refractivity contribution < 1.29 is 9.59 Å². The molecule has 0 saturated carbocycles. The number of carbonyl (C=O) groups is 2. The summed E-state index contributed by atoms with van der Waals surface area (Å²) in [6.07, 6.45) is 0.652. The fraction of sp³-hybridized carbons (Fsp3) is 0.667. The Morgan fingerprint density at radius 2 is 1.78 bits per heavy atom. The van der Waals surface area contributed by atoms with Crippen LogP contribution in [-0.4, -0.2) is 54.2 Å². The van der Waals surface area contributed by atoms with Gasteiger partial charge in [-0.1, -0.05) is 13.8 Å². The van der Waals surface area contributed by atoms with Crippen LogP contribution in [0.5, 0.6) is 0 Å². The van der Waals surface area contributed by atoms with Gasteiger partial charge in [0.15, 0.2) is 5.78 Å². The Morgan fingerprint density at radius 3 is 2.30 bits per heavy atom. The van der Waals surface area contributed by atoms with Gasteiger partial charge in [-0.25, -0.2) is 0 Å². The average molecular weight is 337 g/mol. The van der Waals surface area contributed by atoms with Gasteiger partial charge < -0.3 is 4.90 Å². The topological polar surface area (TPSA) is 40.6 Å². The Bertz CT molecular complexity index is 557. The quantitative estimate of drug-likeness (QED) is 0.750. The summed E-state index contributed by atoms with van der Waals surface area (Å²) < 4.78 is 0. The summed E-state index contributed by atoms with van der Waals surface area (Å²) in [5.41, 5.74) is 0.794. The third-order valence-corrected chi connectivity index (χ3v) is 5.22. The number of Topliss-reactive ketones (excluding diaryl/α,β-unsaturated/α-hetero) is 1. The van der Waals surface area contributed by atoms with Gasteiger partial charge in [-0.2, -0.15) is 0 Å². The van der Waals surface area contributed by atoms with Crippen molar-refractivity contribution in [2.24, 2.45) is 5.92 Å². The number of piperazine rings is 1. The molecule has 1 aromatic rings. The van der Waals surface area contributed by atoms with Crippen molar-refractivity contribution in [2.45, 2.75) is 40.5 Å². The summed E-state index contributed by atoms with van der Waals surface area (Å²) in [4.78, 5) is 31.1. The van der Waals surface area contributed by atoms with Crippen molar-refractivity contribution in [1.29, 1.82) is 0 Å². The van der Waals surface area contributed by atoms with E-state index in [0.29, 0.717) is 18.8 Å². The molecule has 1 fully saturated rings. The number of thiophene rings is 1. The third kappa shape index (κ3) is 5.15. The zero-order valence-electron chi connectivity index (χ0n) is 14.7. The van der Waals surface area contributed by atoms with Gasteiger partial charge in [-0.05, 0) is 25.8 Å². The molecule has 1 aromatic heterocycles. The van der Waals surface area contributed by atoms with Gasteiger partial charge in [0, 0.05) is 60.9 Å². The molecule has 5 heteroatoms. The van der Waals surface area contributed by atoms with Crippen molar-refractivity contribution in [2.75, 3.05) is 32.7 Å². The molecule has 2 rings (SSSR count). The Morgan fingerprint density at radius 1 is 1.13 bits per heavy atom. The first-order chi connectivity index (χ1) is 10.9. The SMILES string of the molecule is Cc1cc(C(=O)CCC(=O)N2CCN(CC(C)C)CC2)c(C)s1. The van der Waals surface area contributed by atoms with Crippen molar-refractivity contribution in [3.05, 3.63) is 21.4 Å². The van der Waals surface area contributed by atoms with Crippen LogP contribution in [0.4, 0.5) is 0 Å². The van der Waals surface area contributed by atoms with Crippen LogP contribution in [0.1, 0.15) is 46.8 Å². The molecule has 4 nitrogen and oxygen atoms in total. The predicted molar refractivity (Wildman–Crippen MR) is 95.2 cm³/mol. The fourth-order valence-electron chi connectivity index (χ4n) is 3.12. The molecule has 0 aliphatic carbocycles. The number of rotatable bonds is 6. The molecule has 1 aliphatic heterocycles. The molecule has 2 heterocycles. The van der Waals surface area contributed by atoms with E-state index in [1.807, 2.05) is 24.8 Å². The largest absolute Gasteiger partial charge is 0.340 e. The van der Waals surface area contributed by atoms with Crippen LogP contribution in [0, 0.1) is 19.8 Å². The molecule has 0 unspecified atom stereocenters. The highest BCUT2D eigenvalue weighted by atomic mass is 32.1. The maximum atomic E-state index is 12.3. The average Bonchev–Trinajstić information content (AvgIpc) is 2.83. The molecule has 0 spiro atoms. The molecule has 0 bridgehead atoms. The smallest absolute Gasteiger partial charge is 0.223 e. The zero-order chi connectivity index (χ0) is 17.0. The lowest BCUT2D eigenvalue weighted by Gasteiger charge is -2.35. The van der Waals surface area contributed by atoms with E-state index in [9.17, 15) is 9.59 Å². The van der Waals surface area contributed by atoms with E-state index >= 15 is 0 Å². The fourth-order valence-corrected chi connectivity index (χ4v) is 4.06. The van der Waals surface area contributed by atoms with E-state index < -0.39 is 0 Å². The predicted octanol–water partition coefficient (Wildman–Crippen LogP) is 3.13. The second-order valence-electron chi connectivity index (χ2n) is 6.83. The Hall–Kier alpha value is -1.20. The van der Waals surface area contributed by atoms with Crippen LogP contribution < -0.4 is 0 Å². The van der Waals surface area contributed by atoms with E-state index in [1.165, 1.54) is 0 Å². The minimum absolute atomic E-state index is 0.0960. The second-order valence-corrected chi connectivity index (χ2v) is 8.29. The van der Waals surface area contributed by atoms with Crippen molar-refractivity contribution in [3.63, 3.8) is 0 Å². The standard InChI is InChI=1S/C18H28N2O2S/c1-13(2)12-19-7-9-20(10-8-19)18(22)6-5-17(21)16-11-14(3)23-15(16)4/h11,13H,5-10,12H2,1-4H3. The number of hydrogen-bond donors (Lipinski definition) is 0. The second kappa shape index (κ2) is 8.06. The van der Waals surface area contributed by atoms with Crippen LogP contribution in [0.15, 0.2) is 6.07 Å². The van der Waals surface area contributed by atoms with Crippen LogP contribution in [0.3, 0.4) is 0 Å². The van der Waals surface area contributed by atoms with Gasteiger partial charge in [-0.3, -0.25) is 14.5 Å². The normalized spacial score (nSPS) is 16.1. The number of nitrogens with zero attached hydrogens (tertiary/aromatic N) is 2. The summed E-state index contributed by atoms with van der Waals surface area (Å²) in [5.74, 6) is 0.873. The molecule has 128 valence electrons. The monoisotopic (exact) mass is 336 g/mol. The number of ketones is 1. The number of amides is 1. The molecule has 23 heavy (non-hydrogen) atoms. The van der Waals surface area contributed by atoms with E-state index in [-0.39, 0.29) is 11.7 Å². The Labute approximate surface area is 143 Å². The lowest BCUT2D eigenvalue weighted by atomic mass is 10.1. The first-order valence-electron chi connectivity index (χ1n) is 8.47. The molecule has 1 saturated heterocycles. The highest BCUT2D eigenvalue weighted by molar-refractivity contribution is 7.12. The van der Waals surface area contributed by atoms with Gasteiger partial charge >= 0.3 is 0 Å². The summed E-state index contributed by atoms with van der Waals surface area (Å²) in [6, 6.07) is 1.94. The summed E-state index contributed by atoms with van der Waals surface area (Å²) in [6.45, 7) is 13.0. The summed E-state index contributed by atoms with van der Waals surface area (Å²) >= 11 is 1.64. The number of aryl methyl sites for hydroxylation is 2. The molecule has 0 N–H and O–H groups in total. The third-order valence-electron chi connectivity index (χ3n) is 4.26. The van der Waals surface area contributed by atoms with Gasteiger partial charge in [0.1, 0.15) is 0 Å². The maximum absolute atomic E-state index is 12.3. The molecular formula is C18H28N2O2S.